The number of halogens is 1. The van der Waals surface area contributed by atoms with Crippen LogP contribution < -0.4 is 5.73 Å². The summed E-state index contributed by atoms with van der Waals surface area (Å²) in [6, 6.07) is 5.69. The standard InChI is InChI=1S/C16H26FN3/c1-12-9-13(17)6-7-15(12)16(10-18)20(3)14-5-4-8-19(2)11-14/h6-7,9,14,16H,4-5,8,10-11,18H2,1-3H3. The average Bonchev–Trinajstić information content (AvgIpc) is 2.41. The highest BCUT2D eigenvalue weighted by molar-refractivity contribution is 5.30. The van der Waals surface area contributed by atoms with Crippen molar-refractivity contribution in [3.63, 3.8) is 0 Å². The number of likely N-dealkylation sites (N-methyl/N-ethyl adjacent to an activating group) is 2. The highest BCUT2D eigenvalue weighted by atomic mass is 19.1. The van der Waals surface area contributed by atoms with Gasteiger partial charge < -0.3 is 10.6 Å². The molecule has 20 heavy (non-hydrogen) atoms. The number of nitrogens with two attached hydrogens (primary N) is 1. The summed E-state index contributed by atoms with van der Waals surface area (Å²) in [6.45, 7) is 4.77. The maximum Gasteiger partial charge on any atom is 0.123 e. The Bertz CT molecular complexity index is 449. The molecule has 1 aromatic rings. The van der Waals surface area contributed by atoms with Gasteiger partial charge in [0.1, 0.15) is 5.82 Å². The van der Waals surface area contributed by atoms with Crippen LogP contribution in [-0.4, -0.2) is 49.6 Å². The Morgan fingerprint density at radius 2 is 2.25 bits per heavy atom. The maximum atomic E-state index is 13.3. The summed E-state index contributed by atoms with van der Waals surface area (Å²) >= 11 is 0. The molecule has 0 amide bonds. The Morgan fingerprint density at radius 3 is 2.85 bits per heavy atom. The zero-order valence-electron chi connectivity index (χ0n) is 12.8. The average molecular weight is 279 g/mol. The van der Waals surface area contributed by atoms with Crippen molar-refractivity contribution in [2.24, 2.45) is 5.73 Å². The van der Waals surface area contributed by atoms with Gasteiger partial charge in [-0.05, 0) is 63.7 Å². The molecule has 1 aliphatic heterocycles. The molecular weight excluding hydrogens is 253 g/mol. The van der Waals surface area contributed by atoms with Crippen molar-refractivity contribution in [1.82, 2.24) is 9.80 Å². The zero-order valence-corrected chi connectivity index (χ0v) is 12.8. The smallest absolute Gasteiger partial charge is 0.123 e. The number of aryl methyl sites for hydroxylation is 1. The third-order valence-corrected chi connectivity index (χ3v) is 4.48. The molecule has 0 bridgehead atoms. The summed E-state index contributed by atoms with van der Waals surface area (Å²) in [7, 11) is 4.31. The predicted octanol–water partition coefficient (Wildman–Crippen LogP) is 2.16. The largest absolute Gasteiger partial charge is 0.329 e. The number of nitrogens with zero attached hydrogens (tertiary/aromatic N) is 2. The summed E-state index contributed by atoms with van der Waals surface area (Å²) in [4.78, 5) is 4.74. The lowest BCUT2D eigenvalue weighted by atomic mass is 9.96. The van der Waals surface area contributed by atoms with Gasteiger partial charge in [-0.2, -0.15) is 0 Å². The van der Waals surface area contributed by atoms with Crippen LogP contribution in [0.15, 0.2) is 18.2 Å². The fraction of sp³-hybridized carbons (Fsp3) is 0.625. The van der Waals surface area contributed by atoms with Crippen LogP contribution in [0, 0.1) is 12.7 Å². The molecule has 1 heterocycles. The SMILES string of the molecule is Cc1cc(F)ccc1C(CN)N(C)C1CCCN(C)C1. The molecule has 2 N–H and O–H groups in total. The summed E-state index contributed by atoms with van der Waals surface area (Å²) in [6.07, 6.45) is 2.43. The minimum absolute atomic E-state index is 0.159. The van der Waals surface area contributed by atoms with E-state index in [0.29, 0.717) is 12.6 Å². The fourth-order valence-electron chi connectivity index (χ4n) is 3.25. The van der Waals surface area contributed by atoms with E-state index in [1.54, 1.807) is 6.07 Å². The van der Waals surface area contributed by atoms with E-state index < -0.39 is 0 Å². The minimum atomic E-state index is -0.179. The van der Waals surface area contributed by atoms with Crippen LogP contribution in [0.25, 0.3) is 0 Å². The molecule has 1 aliphatic rings. The van der Waals surface area contributed by atoms with Gasteiger partial charge in [-0.15, -0.1) is 0 Å². The van der Waals surface area contributed by atoms with Gasteiger partial charge in [-0.3, -0.25) is 4.90 Å². The Hall–Kier alpha value is -0.970. The summed E-state index contributed by atoms with van der Waals surface area (Å²) < 4.78 is 13.3. The summed E-state index contributed by atoms with van der Waals surface area (Å²) in [5.41, 5.74) is 8.13. The molecule has 4 heteroatoms. The van der Waals surface area contributed by atoms with Crippen molar-refractivity contribution in [2.45, 2.75) is 31.8 Å². The molecule has 0 aliphatic carbocycles. The second kappa shape index (κ2) is 6.66. The van der Waals surface area contributed by atoms with Crippen LogP contribution in [0.3, 0.4) is 0 Å². The van der Waals surface area contributed by atoms with Crippen molar-refractivity contribution in [3.05, 3.63) is 35.1 Å². The lowest BCUT2D eigenvalue weighted by molar-refractivity contribution is 0.101. The summed E-state index contributed by atoms with van der Waals surface area (Å²) in [5.74, 6) is -0.179. The van der Waals surface area contributed by atoms with E-state index in [0.717, 1.165) is 17.7 Å². The van der Waals surface area contributed by atoms with Crippen LogP contribution in [-0.2, 0) is 0 Å². The van der Waals surface area contributed by atoms with Crippen molar-refractivity contribution in [2.75, 3.05) is 33.7 Å². The lowest BCUT2D eigenvalue weighted by Gasteiger charge is -2.40. The molecule has 0 saturated carbocycles. The highest BCUT2D eigenvalue weighted by Crippen LogP contribution is 2.27. The first-order valence-corrected chi connectivity index (χ1v) is 7.39. The topological polar surface area (TPSA) is 32.5 Å². The number of hydrogen-bond acceptors (Lipinski definition) is 3. The van der Waals surface area contributed by atoms with E-state index in [9.17, 15) is 4.39 Å². The molecular formula is C16H26FN3. The fourth-order valence-corrected chi connectivity index (χ4v) is 3.25. The van der Waals surface area contributed by atoms with Crippen molar-refractivity contribution in [1.29, 1.82) is 0 Å². The Balaban J connectivity index is 2.18. The van der Waals surface area contributed by atoms with E-state index in [1.807, 2.05) is 13.0 Å². The van der Waals surface area contributed by atoms with Gasteiger partial charge in [0.2, 0.25) is 0 Å². The highest BCUT2D eigenvalue weighted by Gasteiger charge is 2.27. The molecule has 0 spiro atoms. The molecule has 2 unspecified atom stereocenters. The first-order chi connectivity index (χ1) is 9.52. The Labute approximate surface area is 121 Å². The third-order valence-electron chi connectivity index (χ3n) is 4.48. The molecule has 2 atom stereocenters. The van der Waals surface area contributed by atoms with E-state index in [2.05, 4.69) is 23.9 Å². The van der Waals surface area contributed by atoms with Crippen LogP contribution in [0.5, 0.6) is 0 Å². The quantitative estimate of drug-likeness (QED) is 0.917. The van der Waals surface area contributed by atoms with Gasteiger partial charge in [-0.25, -0.2) is 4.39 Å². The number of rotatable bonds is 4. The third kappa shape index (κ3) is 3.37. The first-order valence-electron chi connectivity index (χ1n) is 7.39. The Morgan fingerprint density at radius 1 is 1.50 bits per heavy atom. The van der Waals surface area contributed by atoms with E-state index >= 15 is 0 Å². The van der Waals surface area contributed by atoms with Gasteiger partial charge in [0.25, 0.3) is 0 Å². The monoisotopic (exact) mass is 279 g/mol. The molecule has 1 saturated heterocycles. The van der Waals surface area contributed by atoms with Crippen molar-refractivity contribution >= 4 is 0 Å². The van der Waals surface area contributed by atoms with Gasteiger partial charge in [0.15, 0.2) is 0 Å². The second-order valence-corrected chi connectivity index (χ2v) is 5.98. The molecule has 1 fully saturated rings. The van der Waals surface area contributed by atoms with Gasteiger partial charge in [-0.1, -0.05) is 6.07 Å². The van der Waals surface area contributed by atoms with Crippen LogP contribution >= 0.6 is 0 Å². The molecule has 0 radical (unpaired) electrons. The van der Waals surface area contributed by atoms with E-state index in [4.69, 9.17) is 5.73 Å². The normalized spacial score (nSPS) is 22.2. The molecule has 112 valence electrons. The number of piperidine rings is 1. The Kier molecular flexibility index (Phi) is 5.13. The van der Waals surface area contributed by atoms with Crippen LogP contribution in [0.4, 0.5) is 4.39 Å². The zero-order chi connectivity index (χ0) is 14.7. The maximum absolute atomic E-state index is 13.3. The van der Waals surface area contributed by atoms with Crippen molar-refractivity contribution < 1.29 is 4.39 Å². The predicted molar refractivity (Wildman–Crippen MR) is 81.2 cm³/mol. The van der Waals surface area contributed by atoms with E-state index in [-0.39, 0.29) is 11.9 Å². The lowest BCUT2D eigenvalue weighted by Crippen LogP contribution is -2.47. The van der Waals surface area contributed by atoms with Gasteiger partial charge in [0, 0.05) is 25.2 Å². The molecule has 1 aromatic carbocycles. The van der Waals surface area contributed by atoms with Crippen molar-refractivity contribution in [3.8, 4) is 0 Å². The number of hydrogen-bond donors (Lipinski definition) is 1. The summed E-state index contributed by atoms with van der Waals surface area (Å²) in [5, 5.41) is 0. The first kappa shape index (κ1) is 15.4. The van der Waals surface area contributed by atoms with E-state index in [1.165, 1.54) is 25.5 Å². The molecule has 0 aromatic heterocycles. The number of likely N-dealkylation sites (tertiary alicyclic amines) is 1. The molecule has 3 nitrogen and oxygen atoms in total. The van der Waals surface area contributed by atoms with Crippen LogP contribution in [0.1, 0.15) is 30.0 Å². The number of benzene rings is 1. The second-order valence-electron chi connectivity index (χ2n) is 5.98. The molecule has 2 rings (SSSR count). The van der Waals surface area contributed by atoms with Gasteiger partial charge in [0.05, 0.1) is 0 Å². The van der Waals surface area contributed by atoms with Crippen LogP contribution in [0.2, 0.25) is 0 Å². The van der Waals surface area contributed by atoms with Gasteiger partial charge >= 0.3 is 0 Å². The minimum Gasteiger partial charge on any atom is -0.329 e.